The van der Waals surface area contributed by atoms with Crippen molar-refractivity contribution in [2.24, 2.45) is 5.92 Å². The van der Waals surface area contributed by atoms with Crippen molar-refractivity contribution in [2.75, 3.05) is 11.9 Å². The number of hydrogen-bond donors (Lipinski definition) is 2. The Morgan fingerprint density at radius 3 is 2.58 bits per heavy atom. The van der Waals surface area contributed by atoms with Gasteiger partial charge in [0.1, 0.15) is 6.17 Å². The predicted molar refractivity (Wildman–Crippen MR) is 103 cm³/mol. The first kappa shape index (κ1) is 16.4. The molecule has 2 aromatic carbocycles. The third-order valence-corrected chi connectivity index (χ3v) is 4.66. The lowest BCUT2D eigenvalue weighted by Crippen LogP contribution is -2.46. The summed E-state index contributed by atoms with van der Waals surface area (Å²) in [4.78, 5) is 30.5. The third-order valence-electron chi connectivity index (χ3n) is 4.66. The fourth-order valence-corrected chi connectivity index (χ4v) is 3.49. The number of para-hydroxylation sites is 2. The minimum atomic E-state index is -0.492. The highest BCUT2D eigenvalue weighted by atomic mass is 16.2. The molecule has 0 saturated heterocycles. The monoisotopic (exact) mass is 347 g/mol. The standard InChI is InChI=1S/C21H21N3O2/c1-13(2)12-24-19(22-18-10-6-4-8-15(18)21(24)26)16-11-14-7-3-5-9-17(14)23-20(16)25/h3-11,13,19,22H,12H2,1-2H3,(H,23,25)/t19-/m1/s1. The van der Waals surface area contributed by atoms with Crippen LogP contribution in [0.1, 0.15) is 35.9 Å². The van der Waals surface area contributed by atoms with E-state index in [1.165, 1.54) is 0 Å². The van der Waals surface area contributed by atoms with Gasteiger partial charge in [0, 0.05) is 17.7 Å². The summed E-state index contributed by atoms with van der Waals surface area (Å²) in [5.74, 6) is 0.235. The number of H-pyrrole nitrogens is 1. The number of hydrogen-bond acceptors (Lipinski definition) is 3. The molecule has 4 rings (SSSR count). The van der Waals surface area contributed by atoms with Crippen molar-refractivity contribution >= 4 is 22.5 Å². The van der Waals surface area contributed by atoms with Crippen molar-refractivity contribution in [3.8, 4) is 0 Å². The van der Waals surface area contributed by atoms with Crippen LogP contribution in [0, 0.1) is 5.92 Å². The van der Waals surface area contributed by atoms with Gasteiger partial charge in [-0.2, -0.15) is 0 Å². The number of aromatic nitrogens is 1. The average Bonchev–Trinajstić information content (AvgIpc) is 2.63. The van der Waals surface area contributed by atoms with E-state index in [0.717, 1.165) is 16.6 Å². The molecule has 0 unspecified atom stereocenters. The number of fused-ring (bicyclic) bond motifs is 2. The molecule has 0 aliphatic carbocycles. The Hall–Kier alpha value is -3.08. The van der Waals surface area contributed by atoms with E-state index in [9.17, 15) is 9.59 Å². The Labute approximate surface area is 151 Å². The lowest BCUT2D eigenvalue weighted by atomic mass is 10.0. The topological polar surface area (TPSA) is 65.2 Å². The maximum atomic E-state index is 13.1. The Morgan fingerprint density at radius 1 is 1.04 bits per heavy atom. The van der Waals surface area contributed by atoms with Crippen LogP contribution in [-0.2, 0) is 0 Å². The quantitative estimate of drug-likeness (QED) is 0.758. The second kappa shape index (κ2) is 6.33. The van der Waals surface area contributed by atoms with Gasteiger partial charge in [0.2, 0.25) is 0 Å². The summed E-state index contributed by atoms with van der Waals surface area (Å²) in [7, 11) is 0. The molecule has 132 valence electrons. The number of nitrogens with one attached hydrogen (secondary N) is 2. The molecule has 2 heterocycles. The van der Waals surface area contributed by atoms with Crippen molar-refractivity contribution in [2.45, 2.75) is 20.0 Å². The van der Waals surface area contributed by atoms with Gasteiger partial charge in [0.25, 0.3) is 11.5 Å². The van der Waals surface area contributed by atoms with Crippen molar-refractivity contribution < 1.29 is 4.79 Å². The van der Waals surface area contributed by atoms with Gasteiger partial charge in [0.15, 0.2) is 0 Å². The molecule has 0 spiro atoms. The fourth-order valence-electron chi connectivity index (χ4n) is 3.49. The van der Waals surface area contributed by atoms with E-state index >= 15 is 0 Å². The zero-order valence-corrected chi connectivity index (χ0v) is 14.8. The second-order valence-corrected chi connectivity index (χ2v) is 7.08. The van der Waals surface area contributed by atoms with Crippen LogP contribution in [0.5, 0.6) is 0 Å². The molecule has 1 aromatic heterocycles. The summed E-state index contributed by atoms with van der Waals surface area (Å²) < 4.78 is 0. The smallest absolute Gasteiger partial charge is 0.257 e. The minimum Gasteiger partial charge on any atom is -0.361 e. The first-order chi connectivity index (χ1) is 12.5. The molecule has 1 aliphatic heterocycles. The van der Waals surface area contributed by atoms with E-state index in [4.69, 9.17) is 0 Å². The molecule has 1 amide bonds. The summed E-state index contributed by atoms with van der Waals surface area (Å²) in [6, 6.07) is 17.0. The number of carbonyl (C=O) groups excluding carboxylic acids is 1. The molecule has 5 nitrogen and oxygen atoms in total. The minimum absolute atomic E-state index is 0.0504. The van der Waals surface area contributed by atoms with E-state index in [1.54, 1.807) is 4.90 Å². The van der Waals surface area contributed by atoms with E-state index in [0.29, 0.717) is 17.7 Å². The molecule has 0 radical (unpaired) electrons. The summed E-state index contributed by atoms with van der Waals surface area (Å²) in [5.41, 5.74) is 2.56. The number of anilines is 1. The van der Waals surface area contributed by atoms with Crippen LogP contribution in [-0.4, -0.2) is 22.3 Å². The maximum Gasteiger partial charge on any atom is 0.257 e. The number of pyridine rings is 1. The molecule has 0 bridgehead atoms. The number of benzene rings is 2. The highest BCUT2D eigenvalue weighted by molar-refractivity contribution is 6.01. The first-order valence-electron chi connectivity index (χ1n) is 8.83. The Kier molecular flexibility index (Phi) is 3.99. The van der Waals surface area contributed by atoms with Gasteiger partial charge in [-0.15, -0.1) is 0 Å². The highest BCUT2D eigenvalue weighted by Gasteiger charge is 2.34. The Bertz CT molecular complexity index is 1040. The van der Waals surface area contributed by atoms with Gasteiger partial charge in [-0.1, -0.05) is 44.2 Å². The van der Waals surface area contributed by atoms with Gasteiger partial charge in [-0.3, -0.25) is 9.59 Å². The van der Waals surface area contributed by atoms with Crippen molar-refractivity contribution in [3.05, 3.63) is 76.1 Å². The van der Waals surface area contributed by atoms with E-state index in [2.05, 4.69) is 24.1 Å². The van der Waals surface area contributed by atoms with Crippen molar-refractivity contribution in [1.82, 2.24) is 9.88 Å². The van der Waals surface area contributed by atoms with Gasteiger partial charge >= 0.3 is 0 Å². The summed E-state index contributed by atoms with van der Waals surface area (Å²) in [6.45, 7) is 4.70. The summed E-state index contributed by atoms with van der Waals surface area (Å²) >= 11 is 0. The molecule has 3 aromatic rings. The van der Waals surface area contributed by atoms with E-state index in [1.807, 2.05) is 54.6 Å². The molecule has 2 N–H and O–H groups in total. The SMILES string of the molecule is CC(C)CN1C(=O)c2ccccc2N[C@H]1c1cc2ccccc2[nH]c1=O. The molecule has 0 fully saturated rings. The normalized spacial score (nSPS) is 16.7. The molecular weight excluding hydrogens is 326 g/mol. The number of aromatic amines is 1. The predicted octanol–water partition coefficient (Wildman–Crippen LogP) is 3.75. The average molecular weight is 347 g/mol. The van der Waals surface area contributed by atoms with Gasteiger partial charge < -0.3 is 15.2 Å². The van der Waals surface area contributed by atoms with Crippen molar-refractivity contribution in [1.29, 1.82) is 0 Å². The highest BCUT2D eigenvalue weighted by Crippen LogP contribution is 2.33. The van der Waals surface area contributed by atoms with E-state index < -0.39 is 6.17 Å². The molecule has 1 atom stereocenters. The van der Waals surface area contributed by atoms with Crippen LogP contribution >= 0.6 is 0 Å². The second-order valence-electron chi connectivity index (χ2n) is 7.08. The van der Waals surface area contributed by atoms with Gasteiger partial charge in [0.05, 0.1) is 11.1 Å². The van der Waals surface area contributed by atoms with Crippen LogP contribution in [0.25, 0.3) is 10.9 Å². The molecular formula is C21H21N3O2. The first-order valence-corrected chi connectivity index (χ1v) is 8.83. The van der Waals surface area contributed by atoms with Crippen molar-refractivity contribution in [3.63, 3.8) is 0 Å². The largest absolute Gasteiger partial charge is 0.361 e. The van der Waals surface area contributed by atoms with E-state index in [-0.39, 0.29) is 17.4 Å². The molecule has 0 saturated carbocycles. The van der Waals surface area contributed by atoms with Gasteiger partial charge in [-0.05, 0) is 35.6 Å². The lowest BCUT2D eigenvalue weighted by molar-refractivity contribution is 0.0657. The molecule has 1 aliphatic rings. The summed E-state index contributed by atoms with van der Waals surface area (Å²) in [5, 5.41) is 4.33. The number of carbonyl (C=O) groups is 1. The molecule has 26 heavy (non-hydrogen) atoms. The fraction of sp³-hybridized carbons (Fsp3) is 0.238. The zero-order valence-electron chi connectivity index (χ0n) is 14.8. The summed E-state index contributed by atoms with van der Waals surface area (Å²) in [6.07, 6.45) is -0.492. The Balaban J connectivity index is 1.87. The van der Waals surface area contributed by atoms with Crippen LogP contribution in [0.4, 0.5) is 5.69 Å². The zero-order chi connectivity index (χ0) is 18.3. The van der Waals surface area contributed by atoms with Crippen LogP contribution in [0.15, 0.2) is 59.4 Å². The van der Waals surface area contributed by atoms with Gasteiger partial charge in [-0.25, -0.2) is 0 Å². The number of nitrogens with zero attached hydrogens (tertiary/aromatic N) is 1. The number of amides is 1. The van der Waals surface area contributed by atoms with Crippen LogP contribution < -0.4 is 10.9 Å². The van der Waals surface area contributed by atoms with Crippen LogP contribution in [0.3, 0.4) is 0 Å². The number of rotatable bonds is 3. The maximum absolute atomic E-state index is 13.1. The Morgan fingerprint density at radius 2 is 1.77 bits per heavy atom. The molecule has 5 heteroatoms. The van der Waals surface area contributed by atoms with Crippen LogP contribution in [0.2, 0.25) is 0 Å². The lowest BCUT2D eigenvalue weighted by Gasteiger charge is -2.38. The third kappa shape index (κ3) is 2.75.